The summed E-state index contributed by atoms with van der Waals surface area (Å²) in [6.07, 6.45) is 10.4. The summed E-state index contributed by atoms with van der Waals surface area (Å²) in [6.45, 7) is 2.04. The summed E-state index contributed by atoms with van der Waals surface area (Å²) in [6, 6.07) is 6.06. The molecule has 0 spiro atoms. The van der Waals surface area contributed by atoms with E-state index in [1.54, 1.807) is 11.3 Å². The third-order valence-corrected chi connectivity index (χ3v) is 8.54. The number of hydrogen-bond donors (Lipinski definition) is 0. The fourth-order valence-electron chi connectivity index (χ4n) is 6.73. The van der Waals surface area contributed by atoms with Gasteiger partial charge in [-0.15, -0.1) is 10.2 Å². The van der Waals surface area contributed by atoms with Crippen LogP contribution in [0.2, 0.25) is 0 Å². The van der Waals surface area contributed by atoms with Gasteiger partial charge in [0.05, 0.1) is 5.69 Å². The molecule has 0 atom stereocenters. The Morgan fingerprint density at radius 1 is 1.04 bits per heavy atom. The third-order valence-electron chi connectivity index (χ3n) is 7.40. The highest BCUT2D eigenvalue weighted by atomic mass is 32.1. The van der Waals surface area contributed by atoms with Crippen LogP contribution in [0.25, 0.3) is 22.1 Å². The Labute approximate surface area is 166 Å². The van der Waals surface area contributed by atoms with E-state index in [1.165, 1.54) is 43.5 Å². The van der Waals surface area contributed by atoms with Gasteiger partial charge in [-0.3, -0.25) is 4.40 Å². The molecule has 142 valence electrons. The highest BCUT2D eigenvalue weighted by molar-refractivity contribution is 7.16. The van der Waals surface area contributed by atoms with Crippen molar-refractivity contribution in [3.8, 4) is 11.5 Å². The van der Waals surface area contributed by atoms with Crippen LogP contribution in [-0.2, 0) is 5.41 Å². The molecule has 4 bridgehead atoms. The maximum Gasteiger partial charge on any atom is 0.235 e. The summed E-state index contributed by atoms with van der Waals surface area (Å²) in [5.74, 6) is 3.56. The minimum Gasteiger partial charge on any atom is -0.297 e. The first-order valence-electron chi connectivity index (χ1n) is 10.4. The summed E-state index contributed by atoms with van der Waals surface area (Å²) >= 11 is 1.76. The summed E-state index contributed by atoms with van der Waals surface area (Å²) in [5, 5.41) is 15.4. The van der Waals surface area contributed by atoms with Gasteiger partial charge >= 0.3 is 0 Å². The highest BCUT2D eigenvalue weighted by Gasteiger charge is 2.53. The van der Waals surface area contributed by atoms with Gasteiger partial charge in [0.1, 0.15) is 16.3 Å². The van der Waals surface area contributed by atoms with Crippen molar-refractivity contribution in [3.05, 3.63) is 35.1 Å². The first-order chi connectivity index (χ1) is 13.7. The molecule has 4 aromatic rings. The Morgan fingerprint density at radius 3 is 2.54 bits per heavy atom. The number of aryl methyl sites for hydroxylation is 1. The van der Waals surface area contributed by atoms with Crippen LogP contribution in [0.5, 0.6) is 0 Å². The fraction of sp³-hybridized carbons (Fsp3) is 0.524. The smallest absolute Gasteiger partial charge is 0.235 e. The SMILES string of the molecule is Cc1nc2ccccn2c1-c1nnc2sc(C34CC5CC(CC(C5)C3)C4)nn12. The summed E-state index contributed by atoms with van der Waals surface area (Å²) in [4.78, 5) is 5.60. The lowest BCUT2D eigenvalue weighted by atomic mass is 9.50. The Balaban J connectivity index is 1.39. The second-order valence-electron chi connectivity index (χ2n) is 9.30. The molecule has 0 N–H and O–H groups in total. The Kier molecular flexibility index (Phi) is 2.90. The molecule has 0 aliphatic heterocycles. The number of imidazole rings is 1. The van der Waals surface area contributed by atoms with Gasteiger partial charge in [0.2, 0.25) is 10.8 Å². The molecular formula is C21H22N6S. The minimum absolute atomic E-state index is 0.298. The van der Waals surface area contributed by atoms with Crippen LogP contribution in [0.15, 0.2) is 24.4 Å². The molecule has 7 heteroatoms. The second kappa shape index (κ2) is 5.20. The molecular weight excluding hydrogens is 368 g/mol. The first kappa shape index (κ1) is 15.6. The van der Waals surface area contributed by atoms with Crippen molar-refractivity contribution in [2.24, 2.45) is 17.8 Å². The monoisotopic (exact) mass is 390 g/mol. The van der Waals surface area contributed by atoms with Gasteiger partial charge in [0.15, 0.2) is 0 Å². The van der Waals surface area contributed by atoms with Crippen LogP contribution in [0.1, 0.15) is 49.2 Å². The predicted molar refractivity (Wildman–Crippen MR) is 107 cm³/mol. The quantitative estimate of drug-likeness (QED) is 0.513. The van der Waals surface area contributed by atoms with Gasteiger partial charge < -0.3 is 0 Å². The minimum atomic E-state index is 0.298. The standard InChI is InChI=1S/C21H22N6S/c1-12-17(26-5-3-2-4-16(26)22-12)18-23-24-20-27(18)25-19(28-20)21-9-13-6-14(10-21)8-15(7-13)11-21/h2-5,13-15H,6-11H2,1H3. The number of pyridine rings is 1. The number of nitrogens with zero attached hydrogens (tertiary/aromatic N) is 6. The lowest BCUT2D eigenvalue weighted by Gasteiger charge is -2.55. The van der Waals surface area contributed by atoms with Crippen LogP contribution in [0.4, 0.5) is 0 Å². The van der Waals surface area contributed by atoms with Crippen LogP contribution in [-0.4, -0.2) is 29.2 Å². The number of fused-ring (bicyclic) bond motifs is 2. The Bertz CT molecular complexity index is 1200. The number of hydrogen-bond acceptors (Lipinski definition) is 5. The zero-order valence-corrected chi connectivity index (χ0v) is 16.7. The molecule has 4 aromatic heterocycles. The largest absolute Gasteiger partial charge is 0.297 e. The molecule has 4 heterocycles. The average Bonchev–Trinajstić information content (AvgIpc) is 3.32. The maximum atomic E-state index is 5.14. The first-order valence-corrected chi connectivity index (χ1v) is 11.2. The summed E-state index contributed by atoms with van der Waals surface area (Å²) in [5.41, 5.74) is 3.19. The van der Waals surface area contributed by atoms with Crippen molar-refractivity contribution in [1.29, 1.82) is 0 Å². The van der Waals surface area contributed by atoms with Crippen LogP contribution >= 0.6 is 11.3 Å². The lowest BCUT2D eigenvalue weighted by molar-refractivity contribution is -0.00565. The molecule has 4 aliphatic carbocycles. The maximum absolute atomic E-state index is 5.14. The molecule has 0 saturated heterocycles. The van der Waals surface area contributed by atoms with E-state index in [0.717, 1.165) is 45.6 Å². The molecule has 4 aliphatic rings. The van der Waals surface area contributed by atoms with Crippen LogP contribution in [0.3, 0.4) is 0 Å². The van der Waals surface area contributed by atoms with Crippen molar-refractivity contribution < 1.29 is 0 Å². The van der Waals surface area contributed by atoms with Gasteiger partial charge in [-0.1, -0.05) is 17.4 Å². The molecule has 28 heavy (non-hydrogen) atoms. The van der Waals surface area contributed by atoms with Gasteiger partial charge in [-0.25, -0.2) is 4.98 Å². The number of aromatic nitrogens is 6. The molecule has 0 unspecified atom stereocenters. The van der Waals surface area contributed by atoms with E-state index < -0.39 is 0 Å². The topological polar surface area (TPSA) is 60.4 Å². The van der Waals surface area contributed by atoms with E-state index in [1.807, 2.05) is 35.8 Å². The normalized spacial score (nSPS) is 31.4. The summed E-state index contributed by atoms with van der Waals surface area (Å²) < 4.78 is 4.07. The Morgan fingerprint density at radius 2 is 1.79 bits per heavy atom. The van der Waals surface area contributed by atoms with Gasteiger partial charge in [0.25, 0.3) is 0 Å². The van der Waals surface area contributed by atoms with E-state index in [4.69, 9.17) is 10.1 Å². The van der Waals surface area contributed by atoms with E-state index in [-0.39, 0.29) is 0 Å². The highest BCUT2D eigenvalue weighted by Crippen LogP contribution is 2.61. The van der Waals surface area contributed by atoms with Crippen LogP contribution < -0.4 is 0 Å². The van der Waals surface area contributed by atoms with Gasteiger partial charge in [0, 0.05) is 11.6 Å². The van der Waals surface area contributed by atoms with Gasteiger partial charge in [-0.2, -0.15) is 9.61 Å². The van der Waals surface area contributed by atoms with E-state index in [0.29, 0.717) is 5.41 Å². The van der Waals surface area contributed by atoms with Crippen molar-refractivity contribution in [2.45, 2.75) is 50.9 Å². The molecule has 0 aromatic carbocycles. The van der Waals surface area contributed by atoms with Crippen molar-refractivity contribution >= 4 is 21.9 Å². The summed E-state index contributed by atoms with van der Waals surface area (Å²) in [7, 11) is 0. The predicted octanol–water partition coefficient (Wildman–Crippen LogP) is 4.28. The van der Waals surface area contributed by atoms with Crippen LogP contribution in [0, 0.1) is 24.7 Å². The van der Waals surface area contributed by atoms with Crippen molar-refractivity contribution in [1.82, 2.24) is 29.2 Å². The third kappa shape index (κ3) is 1.98. The lowest BCUT2D eigenvalue weighted by Crippen LogP contribution is -2.48. The Hall–Kier alpha value is -2.28. The van der Waals surface area contributed by atoms with Crippen molar-refractivity contribution in [2.75, 3.05) is 0 Å². The van der Waals surface area contributed by atoms with E-state index >= 15 is 0 Å². The van der Waals surface area contributed by atoms with Crippen molar-refractivity contribution in [3.63, 3.8) is 0 Å². The fourth-order valence-corrected chi connectivity index (χ4v) is 7.79. The molecule has 0 radical (unpaired) electrons. The molecule has 0 amide bonds. The average molecular weight is 391 g/mol. The van der Waals surface area contributed by atoms with E-state index in [2.05, 4.69) is 14.6 Å². The molecule has 4 saturated carbocycles. The number of rotatable bonds is 2. The van der Waals surface area contributed by atoms with E-state index in [9.17, 15) is 0 Å². The zero-order valence-electron chi connectivity index (χ0n) is 15.9. The van der Waals surface area contributed by atoms with Gasteiger partial charge in [-0.05, 0) is 75.3 Å². The molecule has 8 rings (SSSR count). The molecule has 6 nitrogen and oxygen atoms in total. The second-order valence-corrected chi connectivity index (χ2v) is 10.3. The zero-order chi connectivity index (χ0) is 18.5. The molecule has 4 fully saturated rings.